The van der Waals surface area contributed by atoms with Crippen LogP contribution in [0.5, 0.6) is 17.2 Å². The van der Waals surface area contributed by atoms with E-state index in [4.69, 9.17) is 14.2 Å². The maximum atomic E-state index is 12.5. The standard InChI is InChI=1S/C24H25NO4/c1-17-13-22(27-2)23(28-3)15-20(17)25-24(26)16-29-21-12-8-7-11-19(21)14-18-9-5-4-6-10-18/h4-13,15H,14,16H2,1-3H3,(H,25,26). The highest BCUT2D eigenvalue weighted by Crippen LogP contribution is 2.32. The molecule has 29 heavy (non-hydrogen) atoms. The molecule has 150 valence electrons. The average Bonchev–Trinajstić information content (AvgIpc) is 2.75. The minimum Gasteiger partial charge on any atom is -0.493 e. The quantitative estimate of drug-likeness (QED) is 0.609. The van der Waals surface area contributed by atoms with E-state index < -0.39 is 0 Å². The summed E-state index contributed by atoms with van der Waals surface area (Å²) in [7, 11) is 3.14. The summed E-state index contributed by atoms with van der Waals surface area (Å²) in [5.74, 6) is 1.64. The molecule has 0 aliphatic rings. The lowest BCUT2D eigenvalue weighted by Gasteiger charge is -2.15. The summed E-state index contributed by atoms with van der Waals surface area (Å²) < 4.78 is 16.4. The number of rotatable bonds is 8. The Labute approximate surface area is 171 Å². The number of ether oxygens (including phenoxy) is 3. The van der Waals surface area contributed by atoms with E-state index in [1.807, 2.05) is 55.5 Å². The van der Waals surface area contributed by atoms with Gasteiger partial charge < -0.3 is 19.5 Å². The van der Waals surface area contributed by atoms with Gasteiger partial charge in [0.1, 0.15) is 5.75 Å². The minimum absolute atomic E-state index is 0.0837. The normalized spacial score (nSPS) is 10.3. The van der Waals surface area contributed by atoms with E-state index in [-0.39, 0.29) is 12.5 Å². The molecule has 5 nitrogen and oxygen atoms in total. The molecule has 0 radical (unpaired) electrons. The molecular weight excluding hydrogens is 366 g/mol. The Balaban J connectivity index is 1.66. The van der Waals surface area contributed by atoms with Gasteiger partial charge in [-0.05, 0) is 35.7 Å². The molecule has 0 aliphatic carbocycles. The summed E-state index contributed by atoms with van der Waals surface area (Å²) in [6.07, 6.45) is 0.743. The second kappa shape index (κ2) is 9.64. The number of nitrogens with one attached hydrogen (secondary N) is 1. The molecule has 0 aliphatic heterocycles. The van der Waals surface area contributed by atoms with Crippen molar-refractivity contribution >= 4 is 11.6 Å². The first-order valence-electron chi connectivity index (χ1n) is 9.38. The summed E-state index contributed by atoms with van der Waals surface area (Å²) in [6.45, 7) is 1.81. The van der Waals surface area contributed by atoms with Crippen LogP contribution in [0.15, 0.2) is 66.7 Å². The molecule has 0 saturated heterocycles. The molecule has 0 unspecified atom stereocenters. The molecule has 0 aromatic heterocycles. The molecular formula is C24H25NO4. The molecule has 0 fully saturated rings. The molecule has 3 aromatic carbocycles. The van der Waals surface area contributed by atoms with E-state index >= 15 is 0 Å². The molecule has 0 spiro atoms. The highest BCUT2D eigenvalue weighted by Gasteiger charge is 2.12. The van der Waals surface area contributed by atoms with Crippen LogP contribution in [-0.4, -0.2) is 26.7 Å². The smallest absolute Gasteiger partial charge is 0.262 e. The summed E-state index contributed by atoms with van der Waals surface area (Å²) in [5.41, 5.74) is 3.76. The third-order valence-corrected chi connectivity index (χ3v) is 4.57. The van der Waals surface area contributed by atoms with Gasteiger partial charge in [-0.15, -0.1) is 0 Å². The van der Waals surface area contributed by atoms with Crippen LogP contribution in [0.1, 0.15) is 16.7 Å². The van der Waals surface area contributed by atoms with E-state index in [9.17, 15) is 4.79 Å². The van der Waals surface area contributed by atoms with Crippen LogP contribution in [0.3, 0.4) is 0 Å². The van der Waals surface area contributed by atoms with Gasteiger partial charge in [0.05, 0.1) is 14.2 Å². The van der Waals surface area contributed by atoms with E-state index in [0.717, 1.165) is 17.5 Å². The van der Waals surface area contributed by atoms with E-state index in [1.54, 1.807) is 20.3 Å². The highest BCUT2D eigenvalue weighted by atomic mass is 16.5. The molecule has 3 rings (SSSR count). The number of amides is 1. The molecule has 0 heterocycles. The number of hydrogen-bond acceptors (Lipinski definition) is 4. The van der Waals surface area contributed by atoms with Crippen molar-refractivity contribution in [3.63, 3.8) is 0 Å². The zero-order valence-electron chi connectivity index (χ0n) is 16.9. The van der Waals surface area contributed by atoms with Crippen molar-refractivity contribution in [1.82, 2.24) is 0 Å². The van der Waals surface area contributed by atoms with Gasteiger partial charge in [-0.25, -0.2) is 0 Å². The second-order valence-electron chi connectivity index (χ2n) is 6.63. The Morgan fingerprint density at radius 2 is 1.52 bits per heavy atom. The number of carbonyl (C=O) groups is 1. The maximum absolute atomic E-state index is 12.5. The molecule has 1 N–H and O–H groups in total. The van der Waals surface area contributed by atoms with Crippen molar-refractivity contribution in [3.8, 4) is 17.2 Å². The Hall–Kier alpha value is -3.47. The van der Waals surface area contributed by atoms with Crippen molar-refractivity contribution in [1.29, 1.82) is 0 Å². The molecule has 5 heteroatoms. The number of para-hydroxylation sites is 1. The largest absolute Gasteiger partial charge is 0.493 e. The molecule has 1 amide bonds. The van der Waals surface area contributed by atoms with Crippen molar-refractivity contribution in [2.75, 3.05) is 26.1 Å². The second-order valence-corrected chi connectivity index (χ2v) is 6.63. The van der Waals surface area contributed by atoms with Crippen LogP contribution >= 0.6 is 0 Å². The van der Waals surface area contributed by atoms with Gasteiger partial charge in [0.15, 0.2) is 18.1 Å². The van der Waals surface area contributed by atoms with Gasteiger partial charge in [-0.1, -0.05) is 48.5 Å². The lowest BCUT2D eigenvalue weighted by atomic mass is 10.0. The van der Waals surface area contributed by atoms with Crippen LogP contribution in [0.4, 0.5) is 5.69 Å². The van der Waals surface area contributed by atoms with Gasteiger partial charge in [0.2, 0.25) is 0 Å². The SMILES string of the molecule is COc1cc(C)c(NC(=O)COc2ccccc2Cc2ccccc2)cc1OC. The van der Waals surface area contributed by atoms with E-state index in [2.05, 4.69) is 17.4 Å². The number of hydrogen-bond donors (Lipinski definition) is 1. The Bertz CT molecular complexity index is 970. The fraction of sp³-hybridized carbons (Fsp3) is 0.208. The Morgan fingerprint density at radius 3 is 2.24 bits per heavy atom. The van der Waals surface area contributed by atoms with Gasteiger partial charge in [-0.2, -0.15) is 0 Å². The van der Waals surface area contributed by atoms with Gasteiger partial charge >= 0.3 is 0 Å². The predicted octanol–water partition coefficient (Wildman–Crippen LogP) is 4.62. The number of methoxy groups -OCH3 is 2. The van der Waals surface area contributed by atoms with Crippen LogP contribution in [-0.2, 0) is 11.2 Å². The van der Waals surface area contributed by atoms with Crippen molar-refractivity contribution in [3.05, 3.63) is 83.4 Å². The highest BCUT2D eigenvalue weighted by molar-refractivity contribution is 5.93. The van der Waals surface area contributed by atoms with Gasteiger partial charge in [0.25, 0.3) is 5.91 Å². The van der Waals surface area contributed by atoms with Crippen LogP contribution < -0.4 is 19.5 Å². The summed E-state index contributed by atoms with van der Waals surface area (Å²) in [4.78, 5) is 12.5. The average molecular weight is 391 g/mol. The van der Waals surface area contributed by atoms with Crippen molar-refractivity contribution < 1.29 is 19.0 Å². The third kappa shape index (κ3) is 5.29. The zero-order valence-corrected chi connectivity index (χ0v) is 16.9. The van der Waals surface area contributed by atoms with Crippen LogP contribution in [0.25, 0.3) is 0 Å². The van der Waals surface area contributed by atoms with Crippen LogP contribution in [0.2, 0.25) is 0 Å². The summed E-state index contributed by atoms with van der Waals surface area (Å²) in [5, 5.41) is 2.88. The fourth-order valence-electron chi connectivity index (χ4n) is 3.05. The minimum atomic E-state index is -0.241. The van der Waals surface area contributed by atoms with Gasteiger partial charge in [-0.3, -0.25) is 4.79 Å². The van der Waals surface area contributed by atoms with Crippen molar-refractivity contribution in [2.24, 2.45) is 0 Å². The van der Waals surface area contributed by atoms with E-state index in [1.165, 1.54) is 5.56 Å². The molecule has 0 saturated carbocycles. The number of anilines is 1. The van der Waals surface area contributed by atoms with Crippen molar-refractivity contribution in [2.45, 2.75) is 13.3 Å². The topological polar surface area (TPSA) is 56.8 Å². The molecule has 0 atom stereocenters. The fourth-order valence-corrected chi connectivity index (χ4v) is 3.05. The predicted molar refractivity (Wildman–Crippen MR) is 114 cm³/mol. The Kier molecular flexibility index (Phi) is 6.74. The lowest BCUT2D eigenvalue weighted by molar-refractivity contribution is -0.118. The first-order chi connectivity index (χ1) is 14.1. The number of benzene rings is 3. The molecule has 3 aromatic rings. The first-order valence-corrected chi connectivity index (χ1v) is 9.38. The number of carbonyl (C=O) groups excluding carboxylic acids is 1. The summed E-state index contributed by atoms with van der Waals surface area (Å²) in [6, 6.07) is 21.5. The van der Waals surface area contributed by atoms with Gasteiger partial charge in [0, 0.05) is 18.2 Å². The zero-order chi connectivity index (χ0) is 20.6. The van der Waals surface area contributed by atoms with E-state index in [0.29, 0.717) is 22.9 Å². The summed E-state index contributed by atoms with van der Waals surface area (Å²) >= 11 is 0. The Morgan fingerprint density at radius 1 is 0.862 bits per heavy atom. The third-order valence-electron chi connectivity index (χ3n) is 4.57. The molecule has 0 bridgehead atoms. The lowest BCUT2D eigenvalue weighted by Crippen LogP contribution is -2.21. The maximum Gasteiger partial charge on any atom is 0.262 e. The monoisotopic (exact) mass is 391 g/mol. The first kappa shape index (κ1) is 20.3. The van der Waals surface area contributed by atoms with Crippen LogP contribution in [0, 0.1) is 6.92 Å². The number of aryl methyl sites for hydroxylation is 1.